The number of benzene rings is 2. The summed E-state index contributed by atoms with van der Waals surface area (Å²) in [6.07, 6.45) is -0.0792. The number of nitrogens with one attached hydrogen (secondary N) is 4. The van der Waals surface area contributed by atoms with Crippen molar-refractivity contribution in [2.75, 3.05) is 20.8 Å². The molecule has 49 heavy (non-hydrogen) atoms. The fourth-order valence-corrected chi connectivity index (χ4v) is 5.74. The van der Waals surface area contributed by atoms with E-state index in [4.69, 9.17) is 9.47 Å². The second-order valence-electron chi connectivity index (χ2n) is 12.1. The molecule has 5 N–H and O–H groups in total. The zero-order valence-corrected chi connectivity index (χ0v) is 29.7. The van der Waals surface area contributed by atoms with E-state index in [1.807, 2.05) is 73.8 Å². The number of thiazole rings is 1. The fraction of sp³-hybridized carbons (Fsp3) is 0.457. The Balaban J connectivity index is 1.91. The highest BCUT2D eigenvalue weighted by Crippen LogP contribution is 2.22. The van der Waals surface area contributed by atoms with Gasteiger partial charge in [0.15, 0.2) is 0 Å². The zero-order valence-electron chi connectivity index (χ0n) is 28.8. The number of methoxy groups -OCH3 is 2. The lowest BCUT2D eigenvalue weighted by molar-refractivity contribution is -0.131. The summed E-state index contributed by atoms with van der Waals surface area (Å²) >= 11 is 1.52. The number of rotatable bonds is 17. The maximum atomic E-state index is 13.7. The summed E-state index contributed by atoms with van der Waals surface area (Å²) in [5.41, 5.74) is 5.54. The van der Waals surface area contributed by atoms with Gasteiger partial charge < -0.3 is 30.5 Å². The first-order chi connectivity index (χ1) is 23.4. The first kappa shape index (κ1) is 38.9. The van der Waals surface area contributed by atoms with Crippen molar-refractivity contribution in [3.8, 4) is 10.6 Å². The Morgan fingerprint density at radius 1 is 0.857 bits per heavy atom. The van der Waals surface area contributed by atoms with Crippen molar-refractivity contribution >= 4 is 35.3 Å². The summed E-state index contributed by atoms with van der Waals surface area (Å²) < 4.78 is 9.48. The predicted octanol–water partition coefficient (Wildman–Crippen LogP) is 3.88. The van der Waals surface area contributed by atoms with E-state index in [0.717, 1.165) is 21.7 Å². The third kappa shape index (κ3) is 12.1. The van der Waals surface area contributed by atoms with E-state index in [-0.39, 0.29) is 31.3 Å². The average molecular weight is 697 g/mol. The number of alkyl carbamates (subject to hydrolysis) is 2. The molecular formula is C35H48N6O7S. The SMILES string of the molecule is CC[C@H](C)[C@H](NC(=O)OC)C(=O)NN(Cc1ccc(-c2nccs2)cc1)C[C@H](O)[C@H](Cc1ccccc1)NC(=O)[C@@H](NC(=O)OC)C(C)C. The normalized spacial score (nSPS) is 14.2. The number of hydrogen-bond acceptors (Lipinski definition) is 10. The highest BCUT2D eigenvalue weighted by Gasteiger charge is 2.32. The van der Waals surface area contributed by atoms with Crippen LogP contribution in [0.4, 0.5) is 9.59 Å². The molecule has 0 saturated heterocycles. The zero-order chi connectivity index (χ0) is 35.9. The molecule has 4 amide bonds. The lowest BCUT2D eigenvalue weighted by atomic mass is 9.98. The molecule has 1 aromatic heterocycles. The highest BCUT2D eigenvalue weighted by atomic mass is 32.1. The van der Waals surface area contributed by atoms with E-state index in [1.54, 1.807) is 25.1 Å². The van der Waals surface area contributed by atoms with Gasteiger partial charge in [0.05, 0.1) is 26.4 Å². The Hall–Kier alpha value is -4.53. The van der Waals surface area contributed by atoms with E-state index in [0.29, 0.717) is 6.42 Å². The molecule has 14 heteroatoms. The monoisotopic (exact) mass is 696 g/mol. The topological polar surface area (TPSA) is 171 Å². The molecule has 1 heterocycles. The van der Waals surface area contributed by atoms with Crippen molar-refractivity contribution in [1.82, 2.24) is 31.4 Å². The smallest absolute Gasteiger partial charge is 0.407 e. The molecule has 13 nitrogen and oxygen atoms in total. The van der Waals surface area contributed by atoms with Crippen LogP contribution in [0.1, 0.15) is 45.2 Å². The molecule has 5 atom stereocenters. The number of aliphatic hydroxyl groups excluding tert-OH is 1. The van der Waals surface area contributed by atoms with Crippen LogP contribution in [0.3, 0.4) is 0 Å². The van der Waals surface area contributed by atoms with E-state index in [9.17, 15) is 24.3 Å². The van der Waals surface area contributed by atoms with Gasteiger partial charge in [-0.25, -0.2) is 19.6 Å². The minimum absolute atomic E-state index is 0.0972. The number of nitrogens with zero attached hydrogens (tertiary/aromatic N) is 2. The van der Waals surface area contributed by atoms with Crippen LogP contribution in [0.2, 0.25) is 0 Å². The van der Waals surface area contributed by atoms with E-state index >= 15 is 0 Å². The van der Waals surface area contributed by atoms with Gasteiger partial charge in [0.2, 0.25) is 5.91 Å². The van der Waals surface area contributed by atoms with Crippen LogP contribution in [0.5, 0.6) is 0 Å². The van der Waals surface area contributed by atoms with Gasteiger partial charge in [-0.3, -0.25) is 15.0 Å². The van der Waals surface area contributed by atoms with E-state index < -0.39 is 48.2 Å². The summed E-state index contributed by atoms with van der Waals surface area (Å²) in [5.74, 6) is -1.49. The van der Waals surface area contributed by atoms with Crippen molar-refractivity contribution in [3.63, 3.8) is 0 Å². The van der Waals surface area contributed by atoms with Crippen molar-refractivity contribution in [1.29, 1.82) is 0 Å². The molecule has 2 aromatic carbocycles. The standard InChI is InChI=1S/C35H48N6O7S/c1-7-23(4)30(39-35(46)48-6)32(44)40-41(20-25-13-15-26(16-14-25)33-36-17-18-49-33)21-28(42)27(19-24-11-9-8-10-12-24)37-31(43)29(22(2)3)38-34(45)47-5/h8-18,22-23,27-30,42H,7,19-21H2,1-6H3,(H,37,43)(H,38,45)(H,39,46)(H,40,44)/t23-,27-,28-,29-,30-/m0/s1. The quantitative estimate of drug-likeness (QED) is 0.131. The second kappa shape index (κ2) is 19.5. The first-order valence-electron chi connectivity index (χ1n) is 16.2. The van der Waals surface area contributed by atoms with Gasteiger partial charge in [0.1, 0.15) is 17.1 Å². The largest absolute Gasteiger partial charge is 0.453 e. The highest BCUT2D eigenvalue weighted by molar-refractivity contribution is 7.13. The molecule has 0 aliphatic heterocycles. The molecule has 0 unspecified atom stereocenters. The van der Waals surface area contributed by atoms with Crippen LogP contribution in [-0.2, 0) is 32.0 Å². The lowest BCUT2D eigenvalue weighted by Crippen LogP contribution is -2.59. The minimum atomic E-state index is -1.19. The van der Waals surface area contributed by atoms with Gasteiger partial charge in [-0.2, -0.15) is 0 Å². The van der Waals surface area contributed by atoms with Crippen LogP contribution < -0.4 is 21.4 Å². The number of aromatic nitrogens is 1. The summed E-state index contributed by atoms with van der Waals surface area (Å²) in [6.45, 7) is 7.42. The van der Waals surface area contributed by atoms with Crippen molar-refractivity contribution < 1.29 is 33.8 Å². The van der Waals surface area contributed by atoms with Gasteiger partial charge in [-0.1, -0.05) is 88.7 Å². The maximum absolute atomic E-state index is 13.7. The molecule has 0 fully saturated rings. The first-order valence-corrected chi connectivity index (χ1v) is 17.1. The van der Waals surface area contributed by atoms with E-state index in [1.165, 1.54) is 25.6 Å². The molecule has 0 aliphatic carbocycles. The number of amides is 4. The number of hydrazine groups is 1. The summed E-state index contributed by atoms with van der Waals surface area (Å²) in [5, 5.41) is 24.2. The van der Waals surface area contributed by atoms with Gasteiger partial charge >= 0.3 is 12.2 Å². The third-order valence-electron chi connectivity index (χ3n) is 8.14. The van der Waals surface area contributed by atoms with Crippen LogP contribution in [0.25, 0.3) is 10.6 Å². The third-order valence-corrected chi connectivity index (χ3v) is 8.96. The number of aliphatic hydroxyl groups is 1. The molecule has 266 valence electrons. The van der Waals surface area contributed by atoms with Crippen molar-refractivity contribution in [3.05, 3.63) is 77.3 Å². The lowest BCUT2D eigenvalue weighted by Gasteiger charge is -2.33. The summed E-state index contributed by atoms with van der Waals surface area (Å²) in [6, 6.07) is 14.4. The molecule has 0 radical (unpaired) electrons. The minimum Gasteiger partial charge on any atom is -0.453 e. The van der Waals surface area contributed by atoms with Gasteiger partial charge in [-0.15, -0.1) is 11.3 Å². The van der Waals surface area contributed by atoms with Crippen LogP contribution in [0, 0.1) is 11.8 Å². The Bertz CT molecular complexity index is 1470. The molecular weight excluding hydrogens is 648 g/mol. The summed E-state index contributed by atoms with van der Waals surface area (Å²) in [4.78, 5) is 55.7. The number of carbonyl (C=O) groups is 4. The van der Waals surface area contributed by atoms with Gasteiger partial charge in [0, 0.05) is 30.2 Å². The molecule has 3 rings (SSSR count). The Kier molecular flexibility index (Phi) is 15.5. The second-order valence-corrected chi connectivity index (χ2v) is 13.0. The van der Waals surface area contributed by atoms with Crippen LogP contribution in [-0.4, -0.2) is 84.1 Å². The fourth-order valence-electron chi connectivity index (χ4n) is 5.10. The molecule has 0 spiro atoms. The van der Waals surface area contributed by atoms with Crippen LogP contribution >= 0.6 is 11.3 Å². The summed E-state index contributed by atoms with van der Waals surface area (Å²) in [7, 11) is 2.44. The van der Waals surface area contributed by atoms with Crippen molar-refractivity contribution in [2.24, 2.45) is 11.8 Å². The molecule has 3 aromatic rings. The van der Waals surface area contributed by atoms with E-state index in [2.05, 4.69) is 26.4 Å². The van der Waals surface area contributed by atoms with Gasteiger partial charge in [-0.05, 0) is 29.4 Å². The average Bonchev–Trinajstić information content (AvgIpc) is 3.64. The number of carbonyl (C=O) groups excluding carboxylic acids is 4. The van der Waals surface area contributed by atoms with Crippen molar-refractivity contribution in [2.45, 2.75) is 71.3 Å². The Labute approximate surface area is 291 Å². The molecule has 0 aliphatic rings. The van der Waals surface area contributed by atoms with Crippen LogP contribution in [0.15, 0.2) is 66.2 Å². The van der Waals surface area contributed by atoms with Gasteiger partial charge in [0.25, 0.3) is 5.91 Å². The molecule has 0 bridgehead atoms. The number of hydrogen-bond donors (Lipinski definition) is 5. The molecule has 0 saturated carbocycles. The predicted molar refractivity (Wildman–Crippen MR) is 187 cm³/mol. The Morgan fingerprint density at radius 3 is 2.04 bits per heavy atom. The number of ether oxygens (including phenoxy) is 2. The Morgan fingerprint density at radius 2 is 1.49 bits per heavy atom. The maximum Gasteiger partial charge on any atom is 0.407 e.